The van der Waals surface area contributed by atoms with Gasteiger partial charge in [-0.1, -0.05) is 6.92 Å². The molecule has 1 saturated heterocycles. The van der Waals surface area contributed by atoms with Crippen LogP contribution in [0.3, 0.4) is 0 Å². The van der Waals surface area contributed by atoms with Gasteiger partial charge >= 0.3 is 0 Å². The molecular weight excluding hydrogens is 190 g/mol. The Morgan fingerprint density at radius 2 is 2.27 bits per heavy atom. The van der Waals surface area contributed by atoms with Crippen LogP contribution in [0.25, 0.3) is 0 Å². The van der Waals surface area contributed by atoms with Gasteiger partial charge in [-0.25, -0.2) is 0 Å². The smallest absolute Gasteiger partial charge is 0.236 e. The summed E-state index contributed by atoms with van der Waals surface area (Å²) in [5.41, 5.74) is 0. The maximum atomic E-state index is 11.6. The molecule has 0 aliphatic carbocycles. The van der Waals surface area contributed by atoms with Crippen molar-refractivity contribution in [1.82, 2.24) is 15.1 Å². The molecule has 1 N–H and O–H groups in total. The van der Waals surface area contributed by atoms with Crippen molar-refractivity contribution in [3.63, 3.8) is 0 Å². The fraction of sp³-hybridized carbons (Fsp3) is 0.909. The van der Waals surface area contributed by atoms with Gasteiger partial charge in [0.15, 0.2) is 0 Å². The maximum absolute atomic E-state index is 11.6. The van der Waals surface area contributed by atoms with E-state index in [9.17, 15) is 4.79 Å². The first kappa shape index (κ1) is 12.5. The van der Waals surface area contributed by atoms with Crippen LogP contribution in [-0.4, -0.2) is 62.0 Å². The van der Waals surface area contributed by atoms with Crippen LogP contribution in [0.2, 0.25) is 0 Å². The lowest BCUT2D eigenvalue weighted by molar-refractivity contribution is -0.136. The summed E-state index contributed by atoms with van der Waals surface area (Å²) in [5.74, 6) is 0.832. The summed E-state index contributed by atoms with van der Waals surface area (Å²) >= 11 is 0. The molecule has 0 aromatic rings. The number of piperazine rings is 1. The van der Waals surface area contributed by atoms with Crippen molar-refractivity contribution in [2.75, 3.05) is 40.3 Å². The predicted molar refractivity (Wildman–Crippen MR) is 61.8 cm³/mol. The van der Waals surface area contributed by atoms with E-state index in [-0.39, 0.29) is 5.91 Å². The standard InChI is InChI=1S/C11H23N3O/c1-9(5-12-3)6-14-8-11(15)13(4)7-10(14)2/h9-10,12H,5-8H2,1-4H3. The highest BCUT2D eigenvalue weighted by molar-refractivity contribution is 5.78. The molecule has 1 heterocycles. The number of amides is 1. The fourth-order valence-corrected chi connectivity index (χ4v) is 2.12. The molecule has 0 aromatic heterocycles. The van der Waals surface area contributed by atoms with E-state index < -0.39 is 0 Å². The minimum atomic E-state index is 0.241. The Morgan fingerprint density at radius 1 is 1.60 bits per heavy atom. The maximum Gasteiger partial charge on any atom is 0.236 e. The highest BCUT2D eigenvalue weighted by atomic mass is 16.2. The molecule has 15 heavy (non-hydrogen) atoms. The Morgan fingerprint density at radius 3 is 2.87 bits per heavy atom. The van der Waals surface area contributed by atoms with Crippen LogP contribution in [0.5, 0.6) is 0 Å². The van der Waals surface area contributed by atoms with Crippen molar-refractivity contribution in [3.05, 3.63) is 0 Å². The van der Waals surface area contributed by atoms with Crippen LogP contribution in [0.1, 0.15) is 13.8 Å². The average Bonchev–Trinajstić information content (AvgIpc) is 2.14. The molecule has 4 nitrogen and oxygen atoms in total. The molecule has 2 unspecified atom stereocenters. The SMILES string of the molecule is CNCC(C)CN1CC(=O)N(C)CC1C. The monoisotopic (exact) mass is 213 g/mol. The number of hydrogen-bond donors (Lipinski definition) is 1. The molecule has 4 heteroatoms. The Hall–Kier alpha value is -0.610. The summed E-state index contributed by atoms with van der Waals surface area (Å²) in [5, 5.41) is 3.17. The van der Waals surface area contributed by atoms with Crippen LogP contribution >= 0.6 is 0 Å². The molecule has 1 aliphatic rings. The van der Waals surface area contributed by atoms with E-state index in [4.69, 9.17) is 0 Å². The summed E-state index contributed by atoms with van der Waals surface area (Å²) < 4.78 is 0. The van der Waals surface area contributed by atoms with Gasteiger partial charge in [-0.2, -0.15) is 0 Å². The van der Waals surface area contributed by atoms with E-state index in [1.165, 1.54) is 0 Å². The second kappa shape index (κ2) is 5.47. The first-order valence-corrected chi connectivity index (χ1v) is 5.67. The molecule has 1 rings (SSSR count). The summed E-state index contributed by atoms with van der Waals surface area (Å²) in [6, 6.07) is 0.479. The van der Waals surface area contributed by atoms with E-state index in [2.05, 4.69) is 24.1 Å². The Balaban J connectivity index is 2.44. The number of likely N-dealkylation sites (N-methyl/N-ethyl adjacent to an activating group) is 1. The fourth-order valence-electron chi connectivity index (χ4n) is 2.12. The van der Waals surface area contributed by atoms with Crippen molar-refractivity contribution < 1.29 is 4.79 Å². The van der Waals surface area contributed by atoms with Gasteiger partial charge < -0.3 is 10.2 Å². The Labute approximate surface area is 92.6 Å². The number of carbonyl (C=O) groups excluding carboxylic acids is 1. The molecule has 0 radical (unpaired) electrons. The minimum Gasteiger partial charge on any atom is -0.343 e. The lowest BCUT2D eigenvalue weighted by atomic mass is 10.1. The van der Waals surface area contributed by atoms with Crippen LogP contribution < -0.4 is 5.32 Å². The first-order valence-electron chi connectivity index (χ1n) is 5.67. The van der Waals surface area contributed by atoms with Crippen molar-refractivity contribution in [3.8, 4) is 0 Å². The zero-order valence-corrected chi connectivity index (χ0v) is 10.3. The lowest BCUT2D eigenvalue weighted by Crippen LogP contribution is -2.54. The third-order valence-electron chi connectivity index (χ3n) is 3.02. The summed E-state index contributed by atoms with van der Waals surface area (Å²) in [7, 11) is 3.85. The minimum absolute atomic E-state index is 0.241. The molecule has 1 amide bonds. The largest absolute Gasteiger partial charge is 0.343 e. The zero-order valence-electron chi connectivity index (χ0n) is 10.3. The number of carbonyl (C=O) groups is 1. The Bertz CT molecular complexity index is 220. The summed E-state index contributed by atoms with van der Waals surface area (Å²) in [6.07, 6.45) is 0. The van der Waals surface area contributed by atoms with Gasteiger partial charge in [0, 0.05) is 26.2 Å². The van der Waals surface area contributed by atoms with Crippen molar-refractivity contribution in [2.45, 2.75) is 19.9 Å². The average molecular weight is 213 g/mol. The van der Waals surface area contributed by atoms with Crippen LogP contribution in [0, 0.1) is 5.92 Å². The number of hydrogen-bond acceptors (Lipinski definition) is 3. The molecule has 1 fully saturated rings. The molecule has 1 aliphatic heterocycles. The molecule has 0 spiro atoms. The van der Waals surface area contributed by atoms with Crippen molar-refractivity contribution >= 4 is 5.91 Å². The van der Waals surface area contributed by atoms with E-state index in [0.29, 0.717) is 18.5 Å². The van der Waals surface area contributed by atoms with Gasteiger partial charge in [0.05, 0.1) is 6.54 Å². The third kappa shape index (κ3) is 3.47. The highest BCUT2D eigenvalue weighted by Crippen LogP contribution is 2.11. The third-order valence-corrected chi connectivity index (χ3v) is 3.02. The molecule has 0 saturated carbocycles. The van der Waals surface area contributed by atoms with Crippen LogP contribution in [0.4, 0.5) is 0 Å². The van der Waals surface area contributed by atoms with E-state index >= 15 is 0 Å². The Kier molecular flexibility index (Phi) is 4.54. The predicted octanol–water partition coefficient (Wildman–Crippen LogP) is 0.00440. The zero-order chi connectivity index (χ0) is 11.4. The summed E-state index contributed by atoms with van der Waals surface area (Å²) in [4.78, 5) is 15.7. The van der Waals surface area contributed by atoms with Crippen LogP contribution in [-0.2, 0) is 4.79 Å². The highest BCUT2D eigenvalue weighted by Gasteiger charge is 2.27. The molecular formula is C11H23N3O. The molecule has 0 bridgehead atoms. The quantitative estimate of drug-likeness (QED) is 0.714. The normalized spacial score (nSPS) is 25.7. The molecule has 2 atom stereocenters. The second-order valence-corrected chi connectivity index (χ2v) is 4.72. The van der Waals surface area contributed by atoms with E-state index in [0.717, 1.165) is 19.6 Å². The van der Waals surface area contributed by atoms with Gasteiger partial charge in [-0.3, -0.25) is 9.69 Å². The van der Waals surface area contributed by atoms with Gasteiger partial charge in [-0.15, -0.1) is 0 Å². The number of nitrogens with zero attached hydrogens (tertiary/aromatic N) is 2. The van der Waals surface area contributed by atoms with E-state index in [1.807, 2.05) is 19.0 Å². The van der Waals surface area contributed by atoms with Crippen LogP contribution in [0.15, 0.2) is 0 Å². The first-order chi connectivity index (χ1) is 7.04. The van der Waals surface area contributed by atoms with Crippen molar-refractivity contribution in [2.24, 2.45) is 5.92 Å². The van der Waals surface area contributed by atoms with Gasteiger partial charge in [0.1, 0.15) is 0 Å². The summed E-state index contributed by atoms with van der Waals surface area (Å²) in [6.45, 7) is 7.84. The topological polar surface area (TPSA) is 35.6 Å². The van der Waals surface area contributed by atoms with Gasteiger partial charge in [0.25, 0.3) is 0 Å². The number of rotatable bonds is 4. The van der Waals surface area contributed by atoms with E-state index in [1.54, 1.807) is 0 Å². The van der Waals surface area contributed by atoms with Gasteiger partial charge in [0.2, 0.25) is 5.91 Å². The van der Waals surface area contributed by atoms with Crippen molar-refractivity contribution in [1.29, 1.82) is 0 Å². The second-order valence-electron chi connectivity index (χ2n) is 4.72. The lowest BCUT2D eigenvalue weighted by Gasteiger charge is -2.38. The molecule has 0 aromatic carbocycles. The number of nitrogens with one attached hydrogen (secondary N) is 1. The molecule has 88 valence electrons. The van der Waals surface area contributed by atoms with Gasteiger partial charge in [-0.05, 0) is 26.4 Å².